The Morgan fingerprint density at radius 2 is 1.96 bits per heavy atom. The number of benzene rings is 2. The normalized spacial score (nSPS) is 11.6. The maximum Gasteiger partial charge on any atom is 0.325 e. The summed E-state index contributed by atoms with van der Waals surface area (Å²) < 4.78 is 15.5. The molecular formula is C17H15N3O7. The highest BCUT2D eigenvalue weighted by molar-refractivity contribution is 6.01. The first-order valence-corrected chi connectivity index (χ1v) is 7.81. The minimum atomic E-state index is -0.777. The van der Waals surface area contributed by atoms with Crippen molar-refractivity contribution in [3.8, 4) is 17.2 Å². The van der Waals surface area contributed by atoms with Crippen LogP contribution in [0.25, 0.3) is 0 Å². The second-order valence-electron chi connectivity index (χ2n) is 5.59. The molecule has 0 saturated heterocycles. The molecule has 10 heteroatoms. The number of aryl methyl sites for hydroxylation is 1. The number of carbonyl (C=O) groups is 2. The van der Waals surface area contributed by atoms with Gasteiger partial charge in [0, 0.05) is 17.8 Å². The Balaban J connectivity index is 1.53. The number of urea groups is 1. The van der Waals surface area contributed by atoms with E-state index in [-0.39, 0.29) is 18.2 Å². The van der Waals surface area contributed by atoms with Crippen molar-refractivity contribution in [1.82, 2.24) is 5.32 Å². The molecule has 0 spiro atoms. The molecule has 0 saturated carbocycles. The van der Waals surface area contributed by atoms with Crippen molar-refractivity contribution in [2.75, 3.05) is 18.7 Å². The van der Waals surface area contributed by atoms with E-state index in [1.807, 2.05) is 0 Å². The van der Waals surface area contributed by atoms with Gasteiger partial charge < -0.3 is 19.5 Å². The molecule has 3 amide bonds. The molecule has 0 atom stereocenters. The molecule has 2 aromatic rings. The summed E-state index contributed by atoms with van der Waals surface area (Å²) in [5.74, 6) is 0.222. The number of rotatable bonds is 5. The summed E-state index contributed by atoms with van der Waals surface area (Å²) in [5, 5.41) is 15.6. The number of imide groups is 1. The van der Waals surface area contributed by atoms with E-state index in [9.17, 15) is 19.7 Å². The molecule has 10 nitrogen and oxygen atoms in total. The Morgan fingerprint density at radius 1 is 1.19 bits per heavy atom. The summed E-state index contributed by atoms with van der Waals surface area (Å²) >= 11 is 0. The third-order valence-electron chi connectivity index (χ3n) is 3.55. The fourth-order valence-electron chi connectivity index (χ4n) is 2.33. The van der Waals surface area contributed by atoms with Gasteiger partial charge >= 0.3 is 11.7 Å². The van der Waals surface area contributed by atoms with E-state index in [4.69, 9.17) is 14.2 Å². The molecule has 140 valence electrons. The van der Waals surface area contributed by atoms with Crippen molar-refractivity contribution in [3.63, 3.8) is 0 Å². The standard InChI is InChI=1S/C17H15N3O7/c1-10-2-4-13(12(6-10)20(23)24)25-8-16(21)19-17(22)18-11-3-5-14-15(7-11)27-9-26-14/h2-7H,8-9H2,1H3,(H2,18,19,21,22). The van der Waals surface area contributed by atoms with Gasteiger partial charge in [-0.1, -0.05) is 6.07 Å². The highest BCUT2D eigenvalue weighted by atomic mass is 16.7. The topological polar surface area (TPSA) is 129 Å². The molecule has 2 aromatic carbocycles. The lowest BCUT2D eigenvalue weighted by Gasteiger charge is -2.09. The molecule has 0 aliphatic carbocycles. The summed E-state index contributed by atoms with van der Waals surface area (Å²) in [7, 11) is 0. The molecule has 27 heavy (non-hydrogen) atoms. The Morgan fingerprint density at radius 3 is 2.74 bits per heavy atom. The monoisotopic (exact) mass is 373 g/mol. The molecule has 3 rings (SSSR count). The average molecular weight is 373 g/mol. The number of nitro benzene ring substituents is 1. The number of amides is 3. The summed E-state index contributed by atoms with van der Waals surface area (Å²) in [6.45, 7) is 1.24. The number of fused-ring (bicyclic) bond motifs is 1. The van der Waals surface area contributed by atoms with E-state index >= 15 is 0 Å². The zero-order valence-corrected chi connectivity index (χ0v) is 14.2. The highest BCUT2D eigenvalue weighted by Crippen LogP contribution is 2.34. The van der Waals surface area contributed by atoms with Crippen molar-refractivity contribution >= 4 is 23.3 Å². The molecule has 0 bridgehead atoms. The fourth-order valence-corrected chi connectivity index (χ4v) is 2.33. The maximum atomic E-state index is 11.9. The molecule has 1 heterocycles. The molecule has 0 aromatic heterocycles. The number of anilines is 1. The van der Waals surface area contributed by atoms with Gasteiger partial charge in [-0.05, 0) is 30.7 Å². The Kier molecular flexibility index (Phi) is 5.06. The van der Waals surface area contributed by atoms with Gasteiger partial charge in [0.25, 0.3) is 5.91 Å². The number of hydrogen-bond acceptors (Lipinski definition) is 7. The van der Waals surface area contributed by atoms with Crippen molar-refractivity contribution in [2.45, 2.75) is 6.92 Å². The van der Waals surface area contributed by atoms with Crippen molar-refractivity contribution in [3.05, 3.63) is 52.1 Å². The van der Waals surface area contributed by atoms with Gasteiger partial charge in [-0.25, -0.2) is 4.79 Å². The molecule has 0 fully saturated rings. The van der Waals surface area contributed by atoms with E-state index in [0.29, 0.717) is 22.7 Å². The summed E-state index contributed by atoms with van der Waals surface area (Å²) in [6.07, 6.45) is 0. The first kappa shape index (κ1) is 18.0. The number of hydrogen-bond donors (Lipinski definition) is 2. The summed E-state index contributed by atoms with van der Waals surface area (Å²) in [4.78, 5) is 34.1. The van der Waals surface area contributed by atoms with Gasteiger partial charge in [0.05, 0.1) is 4.92 Å². The smallest absolute Gasteiger partial charge is 0.325 e. The zero-order valence-electron chi connectivity index (χ0n) is 14.2. The van der Waals surface area contributed by atoms with Crippen LogP contribution in [0.1, 0.15) is 5.56 Å². The van der Waals surface area contributed by atoms with Crippen LogP contribution in [0, 0.1) is 17.0 Å². The van der Waals surface area contributed by atoms with Crippen LogP contribution in [0.3, 0.4) is 0 Å². The molecule has 0 radical (unpaired) electrons. The number of nitrogens with zero attached hydrogens (tertiary/aromatic N) is 1. The van der Waals surface area contributed by atoms with E-state index in [1.165, 1.54) is 12.1 Å². The van der Waals surface area contributed by atoms with Gasteiger partial charge in [0.15, 0.2) is 23.9 Å². The van der Waals surface area contributed by atoms with Crippen molar-refractivity contribution in [2.24, 2.45) is 0 Å². The lowest BCUT2D eigenvalue weighted by atomic mass is 10.2. The Bertz CT molecular complexity index is 913. The maximum absolute atomic E-state index is 11.9. The first-order chi connectivity index (χ1) is 12.9. The van der Waals surface area contributed by atoms with Gasteiger partial charge in [-0.15, -0.1) is 0 Å². The van der Waals surface area contributed by atoms with Crippen LogP contribution in [-0.4, -0.2) is 30.3 Å². The van der Waals surface area contributed by atoms with E-state index in [2.05, 4.69) is 10.6 Å². The second-order valence-corrected chi connectivity index (χ2v) is 5.59. The lowest BCUT2D eigenvalue weighted by molar-refractivity contribution is -0.385. The quantitative estimate of drug-likeness (QED) is 0.608. The molecular weight excluding hydrogens is 358 g/mol. The minimum absolute atomic E-state index is 0.0584. The van der Waals surface area contributed by atoms with Crippen LogP contribution in [0.5, 0.6) is 17.2 Å². The van der Waals surface area contributed by atoms with Gasteiger partial charge in [0.2, 0.25) is 6.79 Å². The Labute approximate surface area is 153 Å². The van der Waals surface area contributed by atoms with E-state index in [0.717, 1.165) is 0 Å². The van der Waals surface area contributed by atoms with Crippen LogP contribution in [0.2, 0.25) is 0 Å². The van der Waals surface area contributed by atoms with Crippen LogP contribution in [0.15, 0.2) is 36.4 Å². The van der Waals surface area contributed by atoms with Crippen molar-refractivity contribution in [1.29, 1.82) is 0 Å². The number of nitrogens with one attached hydrogen (secondary N) is 2. The van der Waals surface area contributed by atoms with Crippen LogP contribution in [-0.2, 0) is 4.79 Å². The number of ether oxygens (including phenoxy) is 3. The Hall–Kier alpha value is -3.82. The van der Waals surface area contributed by atoms with Crippen LogP contribution < -0.4 is 24.8 Å². The molecule has 0 unspecified atom stereocenters. The molecule has 1 aliphatic rings. The van der Waals surface area contributed by atoms with E-state index in [1.54, 1.807) is 31.2 Å². The lowest BCUT2D eigenvalue weighted by Crippen LogP contribution is -2.37. The highest BCUT2D eigenvalue weighted by Gasteiger charge is 2.18. The van der Waals surface area contributed by atoms with E-state index < -0.39 is 23.5 Å². The predicted molar refractivity (Wildman–Crippen MR) is 93.1 cm³/mol. The average Bonchev–Trinajstić information content (AvgIpc) is 3.08. The van der Waals surface area contributed by atoms with Gasteiger partial charge in [-0.2, -0.15) is 0 Å². The van der Waals surface area contributed by atoms with Crippen molar-refractivity contribution < 1.29 is 28.7 Å². The van der Waals surface area contributed by atoms with Crippen LogP contribution in [0.4, 0.5) is 16.2 Å². The summed E-state index contributed by atoms with van der Waals surface area (Å²) in [6, 6.07) is 8.34. The first-order valence-electron chi connectivity index (χ1n) is 7.81. The third-order valence-corrected chi connectivity index (χ3v) is 3.55. The summed E-state index contributed by atoms with van der Waals surface area (Å²) in [5.41, 5.74) is 0.828. The predicted octanol–water partition coefficient (Wildman–Crippen LogP) is 2.36. The third kappa shape index (κ3) is 4.42. The molecule has 2 N–H and O–H groups in total. The zero-order chi connectivity index (χ0) is 19.4. The number of carbonyl (C=O) groups excluding carboxylic acids is 2. The second kappa shape index (κ2) is 7.60. The SMILES string of the molecule is Cc1ccc(OCC(=O)NC(=O)Nc2ccc3c(c2)OCO3)c([N+](=O)[O-])c1. The largest absolute Gasteiger partial charge is 0.477 e. The van der Waals surface area contributed by atoms with Gasteiger partial charge in [-0.3, -0.25) is 20.2 Å². The number of nitro groups is 1. The van der Waals surface area contributed by atoms with Crippen LogP contribution >= 0.6 is 0 Å². The molecule has 1 aliphatic heterocycles. The fraction of sp³-hybridized carbons (Fsp3) is 0.176. The van der Waals surface area contributed by atoms with Gasteiger partial charge in [0.1, 0.15) is 0 Å². The minimum Gasteiger partial charge on any atom is -0.477 e.